The molecule has 116 valence electrons. The molecular formula is C15H22N2O4. The van der Waals surface area contributed by atoms with E-state index in [1.54, 1.807) is 26.4 Å². The molecule has 0 bridgehead atoms. The van der Waals surface area contributed by atoms with Crippen LogP contribution in [-0.4, -0.2) is 31.3 Å². The largest absolute Gasteiger partial charge is 0.496 e. The highest BCUT2D eigenvalue weighted by Crippen LogP contribution is 2.42. The molecule has 1 saturated carbocycles. The van der Waals surface area contributed by atoms with Crippen molar-refractivity contribution in [3.8, 4) is 5.75 Å². The molecule has 1 fully saturated rings. The highest BCUT2D eigenvalue weighted by molar-refractivity contribution is 5.43. The number of rotatable bonds is 6. The van der Waals surface area contributed by atoms with Gasteiger partial charge in [0.25, 0.3) is 5.69 Å². The summed E-state index contributed by atoms with van der Waals surface area (Å²) in [4.78, 5) is 10.5. The van der Waals surface area contributed by atoms with Gasteiger partial charge in [-0.2, -0.15) is 0 Å². The molecule has 0 radical (unpaired) electrons. The molecule has 0 aliphatic heterocycles. The van der Waals surface area contributed by atoms with E-state index < -0.39 is 4.92 Å². The van der Waals surface area contributed by atoms with E-state index in [2.05, 4.69) is 19.2 Å². The van der Waals surface area contributed by atoms with Crippen LogP contribution in [0.25, 0.3) is 0 Å². The van der Waals surface area contributed by atoms with Gasteiger partial charge in [-0.05, 0) is 12.5 Å². The fourth-order valence-electron chi connectivity index (χ4n) is 2.88. The van der Waals surface area contributed by atoms with Gasteiger partial charge in [0.2, 0.25) is 0 Å². The van der Waals surface area contributed by atoms with Crippen LogP contribution in [0.3, 0.4) is 0 Å². The second-order valence-electron chi connectivity index (χ2n) is 5.97. The van der Waals surface area contributed by atoms with E-state index in [0.29, 0.717) is 18.3 Å². The summed E-state index contributed by atoms with van der Waals surface area (Å²) in [5.41, 5.74) is 0.932. The number of benzene rings is 1. The minimum atomic E-state index is -0.392. The molecule has 0 aromatic heterocycles. The SMILES string of the molecule is COc1ccc([N+](=O)[O-])cc1CNC1CC(OC)C1(C)C. The van der Waals surface area contributed by atoms with Gasteiger partial charge in [-0.3, -0.25) is 10.1 Å². The van der Waals surface area contributed by atoms with Crippen molar-refractivity contribution in [1.82, 2.24) is 5.32 Å². The van der Waals surface area contributed by atoms with Crippen molar-refractivity contribution >= 4 is 5.69 Å². The topological polar surface area (TPSA) is 73.6 Å². The van der Waals surface area contributed by atoms with Crippen LogP contribution in [0.5, 0.6) is 5.75 Å². The summed E-state index contributed by atoms with van der Waals surface area (Å²) in [5, 5.41) is 14.3. The van der Waals surface area contributed by atoms with Gasteiger partial charge in [0.1, 0.15) is 5.75 Å². The predicted octanol–water partition coefficient (Wildman–Crippen LogP) is 2.51. The van der Waals surface area contributed by atoms with Gasteiger partial charge in [0, 0.05) is 42.8 Å². The molecule has 0 spiro atoms. The average molecular weight is 294 g/mol. The minimum Gasteiger partial charge on any atom is -0.496 e. The lowest BCUT2D eigenvalue weighted by Gasteiger charge is -2.51. The molecule has 6 nitrogen and oxygen atoms in total. The second kappa shape index (κ2) is 5.99. The number of nitrogens with zero attached hydrogens (tertiary/aromatic N) is 1. The Morgan fingerprint density at radius 2 is 2.14 bits per heavy atom. The third-order valence-electron chi connectivity index (χ3n) is 4.48. The van der Waals surface area contributed by atoms with Gasteiger partial charge in [-0.1, -0.05) is 13.8 Å². The Bertz CT molecular complexity index is 530. The van der Waals surface area contributed by atoms with Crippen LogP contribution in [0, 0.1) is 15.5 Å². The van der Waals surface area contributed by atoms with Crippen LogP contribution in [0.2, 0.25) is 0 Å². The van der Waals surface area contributed by atoms with Crippen LogP contribution in [0.4, 0.5) is 5.69 Å². The highest BCUT2D eigenvalue weighted by Gasteiger charge is 2.48. The zero-order valence-electron chi connectivity index (χ0n) is 12.9. The quantitative estimate of drug-likeness (QED) is 0.644. The van der Waals surface area contributed by atoms with Crippen molar-refractivity contribution in [3.05, 3.63) is 33.9 Å². The van der Waals surface area contributed by atoms with Crippen molar-refractivity contribution in [2.24, 2.45) is 5.41 Å². The molecule has 2 unspecified atom stereocenters. The minimum absolute atomic E-state index is 0.0582. The first-order valence-corrected chi connectivity index (χ1v) is 6.97. The Hall–Kier alpha value is -1.66. The predicted molar refractivity (Wildman–Crippen MR) is 79.5 cm³/mol. The standard InChI is InChI=1S/C15H22N2O4/c1-15(2)13(8-14(15)21-4)16-9-10-7-11(17(18)19)5-6-12(10)20-3/h5-7,13-14,16H,8-9H2,1-4H3. The third kappa shape index (κ3) is 3.01. The number of nitro groups is 1. The summed E-state index contributed by atoms with van der Waals surface area (Å²) < 4.78 is 10.7. The molecule has 21 heavy (non-hydrogen) atoms. The maximum absolute atomic E-state index is 10.9. The molecular weight excluding hydrogens is 272 g/mol. The molecule has 1 N–H and O–H groups in total. The maximum Gasteiger partial charge on any atom is 0.270 e. The van der Waals surface area contributed by atoms with Crippen LogP contribution in [-0.2, 0) is 11.3 Å². The molecule has 1 aliphatic carbocycles. The lowest BCUT2D eigenvalue weighted by atomic mass is 9.64. The number of nitrogens with one attached hydrogen (secondary N) is 1. The van der Waals surface area contributed by atoms with Crippen molar-refractivity contribution < 1.29 is 14.4 Å². The number of methoxy groups -OCH3 is 2. The molecule has 1 aromatic carbocycles. The van der Waals surface area contributed by atoms with Gasteiger partial charge in [0.15, 0.2) is 0 Å². The molecule has 2 atom stereocenters. The lowest BCUT2D eigenvalue weighted by Crippen LogP contribution is -2.60. The average Bonchev–Trinajstić information content (AvgIpc) is 2.45. The van der Waals surface area contributed by atoms with Gasteiger partial charge in [-0.15, -0.1) is 0 Å². The molecule has 0 saturated heterocycles. The molecule has 0 amide bonds. The first kappa shape index (κ1) is 15.7. The van der Waals surface area contributed by atoms with Gasteiger partial charge < -0.3 is 14.8 Å². The Morgan fingerprint density at radius 3 is 2.67 bits per heavy atom. The van der Waals surface area contributed by atoms with E-state index >= 15 is 0 Å². The van der Waals surface area contributed by atoms with Crippen LogP contribution < -0.4 is 10.1 Å². The Labute approximate surface area is 124 Å². The van der Waals surface area contributed by atoms with Gasteiger partial charge in [-0.25, -0.2) is 0 Å². The summed E-state index contributed by atoms with van der Waals surface area (Å²) in [5.74, 6) is 0.661. The highest BCUT2D eigenvalue weighted by atomic mass is 16.6. The van der Waals surface area contributed by atoms with Gasteiger partial charge in [0.05, 0.1) is 18.1 Å². The van der Waals surface area contributed by atoms with E-state index in [1.165, 1.54) is 6.07 Å². The fraction of sp³-hybridized carbons (Fsp3) is 0.600. The number of ether oxygens (including phenoxy) is 2. The molecule has 2 rings (SSSR count). The fourth-order valence-corrected chi connectivity index (χ4v) is 2.88. The summed E-state index contributed by atoms with van der Waals surface area (Å²) in [6, 6.07) is 4.98. The van der Waals surface area contributed by atoms with Crippen molar-refractivity contribution in [2.75, 3.05) is 14.2 Å². The smallest absolute Gasteiger partial charge is 0.270 e. The van der Waals surface area contributed by atoms with Crippen molar-refractivity contribution in [3.63, 3.8) is 0 Å². The Morgan fingerprint density at radius 1 is 1.43 bits per heavy atom. The normalized spacial score (nSPS) is 23.4. The molecule has 0 heterocycles. The lowest BCUT2D eigenvalue weighted by molar-refractivity contribution is -0.384. The van der Waals surface area contributed by atoms with Crippen LogP contribution in [0.1, 0.15) is 25.8 Å². The van der Waals surface area contributed by atoms with E-state index in [9.17, 15) is 10.1 Å². The summed E-state index contributed by atoms with van der Waals surface area (Å²) >= 11 is 0. The Kier molecular flexibility index (Phi) is 4.49. The van der Waals surface area contributed by atoms with Crippen molar-refractivity contribution in [1.29, 1.82) is 0 Å². The van der Waals surface area contributed by atoms with E-state index in [0.717, 1.165) is 12.0 Å². The number of hydrogen-bond donors (Lipinski definition) is 1. The van der Waals surface area contributed by atoms with E-state index in [1.807, 2.05) is 0 Å². The first-order valence-electron chi connectivity index (χ1n) is 6.97. The second-order valence-corrected chi connectivity index (χ2v) is 5.97. The first-order chi connectivity index (χ1) is 9.90. The summed E-state index contributed by atoms with van der Waals surface area (Å²) in [7, 11) is 3.30. The van der Waals surface area contributed by atoms with E-state index in [-0.39, 0.29) is 17.2 Å². The molecule has 6 heteroatoms. The number of nitro benzene ring substituents is 1. The number of non-ortho nitro benzene ring substituents is 1. The molecule has 1 aliphatic rings. The Balaban J connectivity index is 2.06. The van der Waals surface area contributed by atoms with E-state index in [4.69, 9.17) is 9.47 Å². The summed E-state index contributed by atoms with van der Waals surface area (Å²) in [6.07, 6.45) is 1.20. The summed E-state index contributed by atoms with van der Waals surface area (Å²) in [6.45, 7) is 4.86. The zero-order valence-corrected chi connectivity index (χ0v) is 12.9. The van der Waals surface area contributed by atoms with Crippen molar-refractivity contribution in [2.45, 2.75) is 39.0 Å². The third-order valence-corrected chi connectivity index (χ3v) is 4.48. The van der Waals surface area contributed by atoms with Crippen LogP contribution in [0.15, 0.2) is 18.2 Å². The monoisotopic (exact) mass is 294 g/mol. The maximum atomic E-state index is 10.9. The number of hydrogen-bond acceptors (Lipinski definition) is 5. The molecule has 1 aromatic rings. The van der Waals surface area contributed by atoms with Gasteiger partial charge >= 0.3 is 0 Å². The zero-order chi connectivity index (χ0) is 15.6. The van der Waals surface area contributed by atoms with Crippen LogP contribution >= 0.6 is 0 Å².